The lowest BCUT2D eigenvalue weighted by Crippen LogP contribution is -2.48. The van der Waals surface area contributed by atoms with Gasteiger partial charge in [0.2, 0.25) is 0 Å². The van der Waals surface area contributed by atoms with Gasteiger partial charge in [0.1, 0.15) is 0 Å². The first-order valence-electron chi connectivity index (χ1n) is 13.9. The van der Waals surface area contributed by atoms with E-state index in [2.05, 4.69) is 86.6 Å². The van der Waals surface area contributed by atoms with E-state index in [0.717, 1.165) is 12.8 Å². The molecule has 192 valence electrons. The van der Waals surface area contributed by atoms with Gasteiger partial charge in [0, 0.05) is 5.54 Å². The topological polar surface area (TPSA) is 3.24 Å². The molecular formula is C32H52IN. The van der Waals surface area contributed by atoms with Crippen LogP contribution in [0.2, 0.25) is 0 Å². The standard InChI is InChI=1S/C32H51N.HI/c1-4-5-6-7-8-9-10-11-12-13-14-15-22-27-32(33(2)3,28-30-23-18-16-19-24-30)29-31-25-20-17-21-26-31;/h16-21,23-26H,4-15,22,27-29H2,1-3H3;1H. The van der Waals surface area contributed by atoms with Crippen molar-refractivity contribution in [1.29, 1.82) is 0 Å². The predicted molar refractivity (Wildman–Crippen MR) is 162 cm³/mol. The van der Waals surface area contributed by atoms with Crippen LogP contribution in [0.3, 0.4) is 0 Å². The molecule has 0 aliphatic carbocycles. The molecule has 0 bridgehead atoms. The lowest BCUT2D eigenvalue weighted by Gasteiger charge is -2.41. The molecule has 2 aromatic carbocycles. The van der Waals surface area contributed by atoms with E-state index in [0.29, 0.717) is 0 Å². The highest BCUT2D eigenvalue weighted by Gasteiger charge is 2.32. The molecule has 0 atom stereocenters. The minimum Gasteiger partial charge on any atom is -0.303 e. The Bertz CT molecular complexity index is 656. The number of hydrogen-bond donors (Lipinski definition) is 0. The fourth-order valence-corrected chi connectivity index (χ4v) is 5.20. The fourth-order valence-electron chi connectivity index (χ4n) is 5.20. The van der Waals surface area contributed by atoms with Gasteiger partial charge in [-0.1, -0.05) is 151 Å². The summed E-state index contributed by atoms with van der Waals surface area (Å²) >= 11 is 0. The lowest BCUT2D eigenvalue weighted by atomic mass is 9.79. The molecule has 0 saturated heterocycles. The van der Waals surface area contributed by atoms with E-state index in [1.165, 1.54) is 101 Å². The number of hydrogen-bond acceptors (Lipinski definition) is 1. The van der Waals surface area contributed by atoms with Crippen molar-refractivity contribution >= 4 is 24.0 Å². The Morgan fingerprint density at radius 1 is 0.529 bits per heavy atom. The summed E-state index contributed by atoms with van der Waals surface area (Å²) < 4.78 is 0. The van der Waals surface area contributed by atoms with Gasteiger partial charge in [0.25, 0.3) is 0 Å². The van der Waals surface area contributed by atoms with Crippen molar-refractivity contribution in [1.82, 2.24) is 4.90 Å². The van der Waals surface area contributed by atoms with Crippen molar-refractivity contribution in [3.05, 3.63) is 71.8 Å². The van der Waals surface area contributed by atoms with Crippen molar-refractivity contribution in [2.45, 2.75) is 115 Å². The van der Waals surface area contributed by atoms with Gasteiger partial charge in [-0.05, 0) is 44.5 Å². The van der Waals surface area contributed by atoms with E-state index in [-0.39, 0.29) is 29.5 Å². The summed E-state index contributed by atoms with van der Waals surface area (Å²) in [6.45, 7) is 2.30. The molecule has 0 aliphatic heterocycles. The zero-order valence-corrected chi connectivity index (χ0v) is 24.8. The summed E-state index contributed by atoms with van der Waals surface area (Å²) in [7, 11) is 4.57. The highest BCUT2D eigenvalue weighted by atomic mass is 127. The molecule has 34 heavy (non-hydrogen) atoms. The zero-order chi connectivity index (χ0) is 23.6. The average Bonchev–Trinajstić information content (AvgIpc) is 2.83. The Kier molecular flexibility index (Phi) is 17.7. The molecule has 0 N–H and O–H groups in total. The second-order valence-corrected chi connectivity index (χ2v) is 10.4. The Morgan fingerprint density at radius 3 is 1.24 bits per heavy atom. The van der Waals surface area contributed by atoms with Gasteiger partial charge >= 0.3 is 0 Å². The van der Waals surface area contributed by atoms with Crippen LogP contribution in [0.1, 0.15) is 108 Å². The molecule has 2 aromatic rings. The van der Waals surface area contributed by atoms with Crippen LogP contribution >= 0.6 is 24.0 Å². The average molecular weight is 578 g/mol. The van der Waals surface area contributed by atoms with Crippen molar-refractivity contribution in [3.63, 3.8) is 0 Å². The van der Waals surface area contributed by atoms with E-state index in [1.54, 1.807) is 0 Å². The summed E-state index contributed by atoms with van der Waals surface area (Å²) in [5, 5.41) is 0. The molecule has 0 heterocycles. The second kappa shape index (κ2) is 19.3. The van der Waals surface area contributed by atoms with Gasteiger partial charge in [0.15, 0.2) is 0 Å². The van der Waals surface area contributed by atoms with Gasteiger partial charge in [-0.25, -0.2) is 0 Å². The van der Waals surface area contributed by atoms with Crippen molar-refractivity contribution in [3.8, 4) is 0 Å². The van der Waals surface area contributed by atoms with Crippen LogP contribution in [-0.2, 0) is 12.8 Å². The molecule has 0 amide bonds. The van der Waals surface area contributed by atoms with Crippen LogP contribution in [0, 0.1) is 0 Å². The Hall–Kier alpha value is -0.870. The molecule has 1 nitrogen and oxygen atoms in total. The number of benzene rings is 2. The van der Waals surface area contributed by atoms with Gasteiger partial charge in [-0.15, -0.1) is 24.0 Å². The van der Waals surface area contributed by atoms with Gasteiger partial charge in [-0.2, -0.15) is 0 Å². The first-order valence-corrected chi connectivity index (χ1v) is 13.9. The highest BCUT2D eigenvalue weighted by molar-refractivity contribution is 14.0. The smallest absolute Gasteiger partial charge is 0.0284 e. The summed E-state index contributed by atoms with van der Waals surface area (Å²) in [6, 6.07) is 22.2. The molecule has 0 aliphatic rings. The fraction of sp³-hybridized carbons (Fsp3) is 0.625. The van der Waals surface area contributed by atoms with Crippen LogP contribution < -0.4 is 0 Å². The molecule has 0 saturated carbocycles. The van der Waals surface area contributed by atoms with Crippen LogP contribution in [0.4, 0.5) is 0 Å². The molecule has 0 radical (unpaired) electrons. The van der Waals surface area contributed by atoms with Gasteiger partial charge in [-0.3, -0.25) is 0 Å². The summed E-state index contributed by atoms with van der Waals surface area (Å²) in [5.41, 5.74) is 3.09. The number of rotatable bonds is 19. The third-order valence-electron chi connectivity index (χ3n) is 7.45. The Balaban J connectivity index is 0.00000578. The molecular weight excluding hydrogens is 525 g/mol. The lowest BCUT2D eigenvalue weighted by molar-refractivity contribution is 0.133. The first kappa shape index (κ1) is 31.2. The largest absolute Gasteiger partial charge is 0.303 e. The summed E-state index contributed by atoms with van der Waals surface area (Å²) in [6.07, 6.45) is 21.9. The van der Waals surface area contributed by atoms with E-state index in [4.69, 9.17) is 0 Å². The third kappa shape index (κ3) is 12.7. The normalized spacial score (nSPS) is 11.5. The first-order chi connectivity index (χ1) is 16.2. The van der Waals surface area contributed by atoms with Crippen molar-refractivity contribution in [2.24, 2.45) is 0 Å². The van der Waals surface area contributed by atoms with Crippen LogP contribution in [-0.4, -0.2) is 24.5 Å². The molecule has 0 aromatic heterocycles. The highest BCUT2D eigenvalue weighted by Crippen LogP contribution is 2.30. The Morgan fingerprint density at radius 2 is 0.882 bits per heavy atom. The maximum absolute atomic E-state index is 2.51. The van der Waals surface area contributed by atoms with Crippen molar-refractivity contribution in [2.75, 3.05) is 14.1 Å². The molecule has 2 rings (SSSR count). The van der Waals surface area contributed by atoms with E-state index < -0.39 is 0 Å². The molecule has 0 unspecified atom stereocenters. The minimum atomic E-state index is 0. The van der Waals surface area contributed by atoms with Crippen LogP contribution in [0.15, 0.2) is 60.7 Å². The quantitative estimate of drug-likeness (QED) is 0.119. The molecule has 2 heteroatoms. The Labute approximate surface area is 229 Å². The van der Waals surface area contributed by atoms with E-state index in [9.17, 15) is 0 Å². The molecule has 0 spiro atoms. The summed E-state index contributed by atoms with van der Waals surface area (Å²) in [4.78, 5) is 2.51. The number of nitrogens with zero attached hydrogens (tertiary/aromatic N) is 1. The van der Waals surface area contributed by atoms with Gasteiger partial charge < -0.3 is 4.90 Å². The second-order valence-electron chi connectivity index (χ2n) is 10.4. The maximum Gasteiger partial charge on any atom is 0.0284 e. The number of halogens is 1. The van der Waals surface area contributed by atoms with Crippen LogP contribution in [0.25, 0.3) is 0 Å². The minimum absolute atomic E-state index is 0. The van der Waals surface area contributed by atoms with E-state index in [1.807, 2.05) is 0 Å². The van der Waals surface area contributed by atoms with Gasteiger partial charge in [0.05, 0.1) is 0 Å². The van der Waals surface area contributed by atoms with Crippen molar-refractivity contribution < 1.29 is 0 Å². The maximum atomic E-state index is 2.51. The summed E-state index contributed by atoms with van der Waals surface area (Å²) in [5.74, 6) is 0. The zero-order valence-electron chi connectivity index (χ0n) is 22.4. The van der Waals surface area contributed by atoms with Crippen LogP contribution in [0.5, 0.6) is 0 Å². The molecule has 0 fully saturated rings. The SMILES string of the molecule is CCCCCCCCCCCCCCCC(Cc1ccccc1)(Cc1ccccc1)N(C)C.I. The monoisotopic (exact) mass is 577 g/mol. The number of unbranched alkanes of at least 4 members (excludes halogenated alkanes) is 12. The predicted octanol–water partition coefficient (Wildman–Crippen LogP) is 9.87. The van der Waals surface area contributed by atoms with E-state index >= 15 is 0 Å². The third-order valence-corrected chi connectivity index (χ3v) is 7.45. The number of likely N-dealkylation sites (N-methyl/N-ethyl adjacent to an activating group) is 1.